The van der Waals surface area contributed by atoms with Crippen molar-refractivity contribution < 1.29 is 4.79 Å². The van der Waals surface area contributed by atoms with E-state index in [-0.39, 0.29) is 5.91 Å². The van der Waals surface area contributed by atoms with Gasteiger partial charge in [0, 0.05) is 24.1 Å². The number of hydrogen-bond donors (Lipinski definition) is 0. The van der Waals surface area contributed by atoms with Crippen molar-refractivity contribution in [3.8, 4) is 0 Å². The maximum atomic E-state index is 12.5. The van der Waals surface area contributed by atoms with Crippen LogP contribution in [0, 0.1) is 6.92 Å². The monoisotopic (exact) mass is 351 g/mol. The molecular formula is C17H18ClNOS2. The molecule has 0 N–H and O–H groups in total. The van der Waals surface area contributed by atoms with Gasteiger partial charge in [-0.15, -0.1) is 11.3 Å². The Bertz CT molecular complexity index is 670. The topological polar surface area (TPSA) is 20.3 Å². The van der Waals surface area contributed by atoms with Crippen LogP contribution in [0.1, 0.15) is 32.5 Å². The number of halogens is 1. The molecule has 2 aromatic rings. The van der Waals surface area contributed by atoms with Crippen molar-refractivity contribution in [2.75, 3.05) is 18.8 Å². The summed E-state index contributed by atoms with van der Waals surface area (Å²) in [6.45, 7) is 3.78. The average Bonchev–Trinajstić information content (AvgIpc) is 2.81. The number of nitrogens with zero attached hydrogens (tertiary/aromatic N) is 1. The van der Waals surface area contributed by atoms with Crippen LogP contribution in [0.2, 0.25) is 4.34 Å². The predicted molar refractivity (Wildman–Crippen MR) is 96.2 cm³/mol. The Morgan fingerprint density at radius 3 is 2.77 bits per heavy atom. The van der Waals surface area contributed by atoms with E-state index in [1.165, 1.54) is 22.5 Å². The van der Waals surface area contributed by atoms with Crippen molar-refractivity contribution in [3.63, 3.8) is 0 Å². The normalized spacial score (nSPS) is 19.0. The molecule has 0 bridgehead atoms. The van der Waals surface area contributed by atoms with Crippen molar-refractivity contribution in [1.29, 1.82) is 0 Å². The highest BCUT2D eigenvalue weighted by Gasteiger charge is 2.24. The molecular weight excluding hydrogens is 334 g/mol. The minimum absolute atomic E-state index is 0.114. The van der Waals surface area contributed by atoms with Crippen LogP contribution in [0.4, 0.5) is 0 Å². The van der Waals surface area contributed by atoms with Crippen LogP contribution in [0.5, 0.6) is 0 Å². The lowest BCUT2D eigenvalue weighted by Crippen LogP contribution is -2.32. The first kappa shape index (κ1) is 15.9. The summed E-state index contributed by atoms with van der Waals surface area (Å²) in [5.74, 6) is 1.09. The van der Waals surface area contributed by atoms with E-state index in [4.69, 9.17) is 11.6 Å². The summed E-state index contributed by atoms with van der Waals surface area (Å²) < 4.78 is 0.672. The summed E-state index contributed by atoms with van der Waals surface area (Å²) in [6, 6.07) is 12.2. The summed E-state index contributed by atoms with van der Waals surface area (Å²) in [7, 11) is 0. The SMILES string of the molecule is Cc1ccccc1C1CCN(C(=O)c2ccc(Cl)s2)CCS1. The van der Waals surface area contributed by atoms with Crippen LogP contribution in [0.3, 0.4) is 0 Å². The molecule has 1 aliphatic rings. The van der Waals surface area contributed by atoms with Gasteiger partial charge in [0.2, 0.25) is 0 Å². The molecule has 0 radical (unpaired) electrons. The van der Waals surface area contributed by atoms with E-state index in [1.807, 2.05) is 22.7 Å². The van der Waals surface area contributed by atoms with Gasteiger partial charge in [0.15, 0.2) is 0 Å². The molecule has 1 aliphatic heterocycles. The molecule has 1 unspecified atom stereocenters. The lowest BCUT2D eigenvalue weighted by Gasteiger charge is -2.20. The van der Waals surface area contributed by atoms with Crippen molar-refractivity contribution in [3.05, 3.63) is 56.7 Å². The lowest BCUT2D eigenvalue weighted by atomic mass is 10.0. The van der Waals surface area contributed by atoms with Crippen molar-refractivity contribution in [1.82, 2.24) is 4.90 Å². The van der Waals surface area contributed by atoms with E-state index < -0.39 is 0 Å². The number of rotatable bonds is 2. The highest BCUT2D eigenvalue weighted by molar-refractivity contribution is 7.99. The number of carbonyl (C=O) groups excluding carboxylic acids is 1. The van der Waals surface area contributed by atoms with Gasteiger partial charge in [-0.05, 0) is 36.6 Å². The first-order valence-electron chi connectivity index (χ1n) is 7.37. The highest BCUT2D eigenvalue weighted by atomic mass is 35.5. The van der Waals surface area contributed by atoms with Crippen LogP contribution in [-0.4, -0.2) is 29.6 Å². The molecule has 0 aliphatic carbocycles. The van der Waals surface area contributed by atoms with Crippen molar-refractivity contribution >= 4 is 40.6 Å². The molecule has 3 rings (SSSR count). The van der Waals surface area contributed by atoms with Crippen LogP contribution in [0.15, 0.2) is 36.4 Å². The van der Waals surface area contributed by atoms with Gasteiger partial charge >= 0.3 is 0 Å². The highest BCUT2D eigenvalue weighted by Crippen LogP contribution is 2.36. The molecule has 1 amide bonds. The second-order valence-electron chi connectivity index (χ2n) is 5.40. The molecule has 2 nitrogen and oxygen atoms in total. The number of amides is 1. The van der Waals surface area contributed by atoms with Gasteiger partial charge < -0.3 is 4.90 Å². The van der Waals surface area contributed by atoms with Crippen LogP contribution in [-0.2, 0) is 0 Å². The first-order valence-corrected chi connectivity index (χ1v) is 9.61. The van der Waals surface area contributed by atoms with Gasteiger partial charge in [0.25, 0.3) is 5.91 Å². The molecule has 1 aromatic heterocycles. The molecule has 0 spiro atoms. The second-order valence-corrected chi connectivity index (χ2v) is 8.43. The van der Waals surface area contributed by atoms with E-state index in [9.17, 15) is 4.79 Å². The predicted octanol–water partition coefficient (Wildman–Crippen LogP) is 5.03. The standard InChI is InChI=1S/C17H18ClNOS2/c1-12-4-2-3-5-13(12)14-8-9-19(10-11-21-14)17(20)15-6-7-16(18)22-15/h2-7,14H,8-11H2,1H3. The minimum Gasteiger partial charge on any atom is -0.337 e. The number of thiophene rings is 1. The Balaban J connectivity index is 1.70. The summed E-state index contributed by atoms with van der Waals surface area (Å²) in [5, 5.41) is 0.478. The quantitative estimate of drug-likeness (QED) is 0.756. The largest absolute Gasteiger partial charge is 0.337 e. The van der Waals surface area contributed by atoms with Gasteiger partial charge in [-0.2, -0.15) is 11.8 Å². The zero-order valence-electron chi connectivity index (χ0n) is 12.4. The Kier molecular flexibility index (Phi) is 5.11. The average molecular weight is 352 g/mol. The minimum atomic E-state index is 0.114. The third kappa shape index (κ3) is 3.50. The van der Waals surface area contributed by atoms with Gasteiger partial charge in [-0.25, -0.2) is 0 Å². The number of carbonyl (C=O) groups is 1. The van der Waals surface area contributed by atoms with Gasteiger partial charge in [0.1, 0.15) is 0 Å². The number of benzene rings is 1. The molecule has 1 aromatic carbocycles. The number of thioether (sulfide) groups is 1. The van der Waals surface area contributed by atoms with E-state index in [2.05, 4.69) is 31.2 Å². The summed E-state index contributed by atoms with van der Waals surface area (Å²) >= 11 is 9.26. The summed E-state index contributed by atoms with van der Waals surface area (Å²) in [4.78, 5) is 15.3. The van der Waals surface area contributed by atoms with Crippen molar-refractivity contribution in [2.45, 2.75) is 18.6 Å². The van der Waals surface area contributed by atoms with Crippen LogP contribution >= 0.6 is 34.7 Å². The number of hydrogen-bond acceptors (Lipinski definition) is 3. The van der Waals surface area contributed by atoms with Gasteiger partial charge in [-0.3, -0.25) is 4.79 Å². The fraction of sp³-hybridized carbons (Fsp3) is 0.353. The van der Waals surface area contributed by atoms with E-state index in [0.717, 1.165) is 30.1 Å². The smallest absolute Gasteiger partial charge is 0.264 e. The van der Waals surface area contributed by atoms with Crippen molar-refractivity contribution in [2.24, 2.45) is 0 Å². The van der Waals surface area contributed by atoms with Crippen LogP contribution in [0.25, 0.3) is 0 Å². The molecule has 1 fully saturated rings. The van der Waals surface area contributed by atoms with E-state index in [0.29, 0.717) is 9.59 Å². The Hall–Kier alpha value is -0.970. The molecule has 1 atom stereocenters. The number of aryl methyl sites for hydroxylation is 1. The molecule has 2 heterocycles. The van der Waals surface area contributed by atoms with Crippen LogP contribution < -0.4 is 0 Å². The molecule has 116 valence electrons. The lowest BCUT2D eigenvalue weighted by molar-refractivity contribution is 0.0771. The molecule has 0 saturated carbocycles. The molecule has 5 heteroatoms. The summed E-state index contributed by atoms with van der Waals surface area (Å²) in [6.07, 6.45) is 1.00. The fourth-order valence-corrected chi connectivity index (χ4v) is 5.09. The van der Waals surface area contributed by atoms with Gasteiger partial charge in [-0.1, -0.05) is 35.9 Å². The third-order valence-corrected chi connectivity index (χ3v) is 6.48. The summed E-state index contributed by atoms with van der Waals surface area (Å²) in [5.41, 5.74) is 2.74. The molecule has 1 saturated heterocycles. The Morgan fingerprint density at radius 2 is 2.05 bits per heavy atom. The maximum Gasteiger partial charge on any atom is 0.264 e. The first-order chi connectivity index (χ1) is 10.6. The maximum absolute atomic E-state index is 12.5. The second kappa shape index (κ2) is 7.07. The van der Waals surface area contributed by atoms with E-state index >= 15 is 0 Å². The fourth-order valence-electron chi connectivity index (χ4n) is 2.75. The third-order valence-electron chi connectivity index (χ3n) is 3.95. The Labute approximate surface area is 144 Å². The van der Waals surface area contributed by atoms with Gasteiger partial charge in [0.05, 0.1) is 9.21 Å². The zero-order valence-corrected chi connectivity index (χ0v) is 14.8. The molecule has 22 heavy (non-hydrogen) atoms. The Morgan fingerprint density at radius 1 is 1.23 bits per heavy atom. The zero-order chi connectivity index (χ0) is 15.5. The van der Waals surface area contributed by atoms with E-state index in [1.54, 1.807) is 6.07 Å².